The molecule has 0 aliphatic carbocycles. The van der Waals surface area contributed by atoms with Crippen molar-refractivity contribution < 1.29 is 9.53 Å². The van der Waals surface area contributed by atoms with Gasteiger partial charge < -0.3 is 10.1 Å². The molecule has 1 amide bonds. The van der Waals surface area contributed by atoms with Crippen molar-refractivity contribution in [2.24, 2.45) is 0 Å². The maximum Gasteiger partial charge on any atom is 0.243 e. The molecule has 0 saturated carbocycles. The Morgan fingerprint density at radius 3 is 3.00 bits per heavy atom. The van der Waals surface area contributed by atoms with Gasteiger partial charge in [0, 0.05) is 16.0 Å². The molecule has 2 aliphatic heterocycles. The van der Waals surface area contributed by atoms with Crippen molar-refractivity contribution in [1.82, 2.24) is 0 Å². The average molecular weight is 293 g/mol. The van der Waals surface area contributed by atoms with Gasteiger partial charge in [-0.2, -0.15) is 0 Å². The van der Waals surface area contributed by atoms with Crippen molar-refractivity contribution in [3.8, 4) is 5.75 Å². The van der Waals surface area contributed by atoms with Crippen LogP contribution >= 0.6 is 11.3 Å². The lowest BCUT2D eigenvalue weighted by atomic mass is 9.77. The van der Waals surface area contributed by atoms with Crippen LogP contribution < -0.4 is 10.1 Å². The molecule has 0 fully saturated rings. The smallest absolute Gasteiger partial charge is 0.243 e. The van der Waals surface area contributed by atoms with Gasteiger partial charge in [-0.3, -0.25) is 4.79 Å². The van der Waals surface area contributed by atoms with Crippen LogP contribution in [-0.2, 0) is 10.2 Å². The number of hydrogen-bond donors (Lipinski definition) is 1. The third-order valence-corrected chi connectivity index (χ3v) is 5.36. The first kappa shape index (κ1) is 11.3. The number of carbonyl (C=O) groups excluding carboxylic acids is 1. The predicted octanol–water partition coefficient (Wildman–Crippen LogP) is 3.53. The highest BCUT2D eigenvalue weighted by Crippen LogP contribution is 2.51. The summed E-state index contributed by atoms with van der Waals surface area (Å²) in [6, 6.07) is 14.1. The summed E-state index contributed by atoms with van der Waals surface area (Å²) in [5, 5.41) is 6.23. The van der Waals surface area contributed by atoms with Gasteiger partial charge in [-0.1, -0.05) is 18.2 Å². The number of fused-ring (bicyclic) bond motifs is 5. The highest BCUT2D eigenvalue weighted by atomic mass is 32.1. The molecule has 3 aromatic rings. The van der Waals surface area contributed by atoms with Gasteiger partial charge in [0.25, 0.3) is 0 Å². The van der Waals surface area contributed by atoms with E-state index in [1.165, 1.54) is 10.1 Å². The Bertz CT molecular complexity index is 914. The number of rotatable bonds is 0. The lowest BCUT2D eigenvalue weighted by molar-refractivity contribution is -0.119. The van der Waals surface area contributed by atoms with E-state index in [0.29, 0.717) is 6.61 Å². The molecule has 0 saturated heterocycles. The molecule has 21 heavy (non-hydrogen) atoms. The van der Waals surface area contributed by atoms with Gasteiger partial charge in [-0.25, -0.2) is 0 Å². The van der Waals surface area contributed by atoms with Crippen molar-refractivity contribution >= 4 is 33.0 Å². The van der Waals surface area contributed by atoms with Crippen LogP contribution in [0.5, 0.6) is 5.75 Å². The summed E-state index contributed by atoms with van der Waals surface area (Å²) in [5.41, 5.74) is 2.21. The molecule has 5 rings (SSSR count). The number of thiophene rings is 1. The van der Waals surface area contributed by atoms with E-state index in [-0.39, 0.29) is 5.91 Å². The number of anilines is 1. The number of amides is 1. The second-order valence-electron chi connectivity index (χ2n) is 5.50. The molecule has 2 aromatic carbocycles. The summed E-state index contributed by atoms with van der Waals surface area (Å²) in [6.07, 6.45) is 0. The summed E-state index contributed by atoms with van der Waals surface area (Å²) in [5.74, 6) is 0.839. The fourth-order valence-corrected chi connectivity index (χ4v) is 4.24. The molecule has 0 bridgehead atoms. The van der Waals surface area contributed by atoms with E-state index in [4.69, 9.17) is 4.74 Å². The van der Waals surface area contributed by atoms with Crippen LogP contribution in [0.25, 0.3) is 10.1 Å². The van der Waals surface area contributed by atoms with E-state index in [9.17, 15) is 4.79 Å². The van der Waals surface area contributed by atoms with Crippen molar-refractivity contribution in [2.75, 3.05) is 11.9 Å². The average Bonchev–Trinajstić information content (AvgIpc) is 3.16. The van der Waals surface area contributed by atoms with Crippen LogP contribution in [0.1, 0.15) is 11.1 Å². The minimum Gasteiger partial charge on any atom is -0.491 e. The SMILES string of the molecule is O=C1Nc2ccccc2C12COc1cc3ccsc3cc12. The summed E-state index contributed by atoms with van der Waals surface area (Å²) >= 11 is 1.69. The molecule has 1 aromatic heterocycles. The van der Waals surface area contributed by atoms with E-state index in [1.807, 2.05) is 30.3 Å². The maximum atomic E-state index is 12.7. The van der Waals surface area contributed by atoms with Crippen molar-refractivity contribution in [1.29, 1.82) is 0 Å². The molecule has 1 atom stereocenters. The molecular formula is C17H11NO2S. The van der Waals surface area contributed by atoms with Crippen LogP contribution in [-0.4, -0.2) is 12.5 Å². The van der Waals surface area contributed by atoms with Crippen LogP contribution in [0.4, 0.5) is 5.69 Å². The molecule has 1 unspecified atom stereocenters. The largest absolute Gasteiger partial charge is 0.491 e. The van der Waals surface area contributed by atoms with Crippen molar-refractivity contribution in [2.45, 2.75) is 5.41 Å². The van der Waals surface area contributed by atoms with Gasteiger partial charge in [-0.05, 0) is 40.6 Å². The van der Waals surface area contributed by atoms with Crippen LogP contribution in [0.2, 0.25) is 0 Å². The molecule has 3 nitrogen and oxygen atoms in total. The van der Waals surface area contributed by atoms with Gasteiger partial charge in [0.2, 0.25) is 5.91 Å². The second kappa shape index (κ2) is 3.65. The number of nitrogens with one attached hydrogen (secondary N) is 1. The van der Waals surface area contributed by atoms with Crippen LogP contribution in [0, 0.1) is 0 Å². The Morgan fingerprint density at radius 2 is 2.05 bits per heavy atom. The lowest BCUT2D eigenvalue weighted by Crippen LogP contribution is -2.37. The Balaban J connectivity index is 1.85. The minimum atomic E-state index is -0.690. The summed E-state index contributed by atoms with van der Waals surface area (Å²) < 4.78 is 7.08. The summed E-state index contributed by atoms with van der Waals surface area (Å²) in [6.45, 7) is 0.377. The van der Waals surface area contributed by atoms with Gasteiger partial charge >= 0.3 is 0 Å². The fourth-order valence-electron chi connectivity index (χ4n) is 3.43. The van der Waals surface area contributed by atoms with E-state index in [0.717, 1.165) is 22.6 Å². The summed E-state index contributed by atoms with van der Waals surface area (Å²) in [7, 11) is 0. The first-order valence-corrected chi connectivity index (χ1v) is 7.72. The van der Waals surface area contributed by atoms with Gasteiger partial charge in [0.05, 0.1) is 0 Å². The molecule has 3 heterocycles. The van der Waals surface area contributed by atoms with E-state index in [1.54, 1.807) is 11.3 Å². The monoisotopic (exact) mass is 293 g/mol. The highest BCUT2D eigenvalue weighted by molar-refractivity contribution is 7.17. The van der Waals surface area contributed by atoms with Crippen LogP contribution in [0.15, 0.2) is 47.8 Å². The minimum absolute atomic E-state index is 0.0124. The number of benzene rings is 2. The quantitative estimate of drug-likeness (QED) is 0.688. The lowest BCUT2D eigenvalue weighted by Gasteiger charge is -2.20. The van der Waals surface area contributed by atoms with Gasteiger partial charge in [0.15, 0.2) is 0 Å². The number of carbonyl (C=O) groups is 1. The van der Waals surface area contributed by atoms with Crippen molar-refractivity contribution in [3.05, 3.63) is 59.0 Å². The Morgan fingerprint density at radius 1 is 1.14 bits per heavy atom. The molecule has 4 heteroatoms. The Labute approximate surface area is 125 Å². The van der Waals surface area contributed by atoms with Crippen LogP contribution in [0.3, 0.4) is 0 Å². The van der Waals surface area contributed by atoms with Gasteiger partial charge in [0.1, 0.15) is 17.8 Å². The normalized spacial score (nSPS) is 22.2. The molecular weight excluding hydrogens is 282 g/mol. The zero-order chi connectivity index (χ0) is 14.0. The topological polar surface area (TPSA) is 38.3 Å². The molecule has 1 spiro atoms. The first-order valence-electron chi connectivity index (χ1n) is 6.84. The Hall–Kier alpha value is -2.33. The third kappa shape index (κ3) is 1.26. The van der Waals surface area contributed by atoms with E-state index in [2.05, 4.69) is 22.8 Å². The molecule has 1 N–H and O–H groups in total. The van der Waals surface area contributed by atoms with Gasteiger partial charge in [-0.15, -0.1) is 11.3 Å². The van der Waals surface area contributed by atoms with E-state index >= 15 is 0 Å². The zero-order valence-corrected chi connectivity index (χ0v) is 11.9. The summed E-state index contributed by atoms with van der Waals surface area (Å²) in [4.78, 5) is 12.7. The first-order chi connectivity index (χ1) is 10.3. The number of para-hydroxylation sites is 1. The Kier molecular flexibility index (Phi) is 1.97. The second-order valence-corrected chi connectivity index (χ2v) is 6.45. The number of hydrogen-bond acceptors (Lipinski definition) is 3. The van der Waals surface area contributed by atoms with E-state index < -0.39 is 5.41 Å². The number of ether oxygens (including phenoxy) is 1. The predicted molar refractivity (Wildman–Crippen MR) is 83.2 cm³/mol. The van der Waals surface area contributed by atoms with Crippen molar-refractivity contribution in [3.63, 3.8) is 0 Å². The highest BCUT2D eigenvalue weighted by Gasteiger charge is 2.53. The molecule has 0 radical (unpaired) electrons. The zero-order valence-electron chi connectivity index (χ0n) is 11.1. The molecule has 102 valence electrons. The molecule has 2 aliphatic rings. The third-order valence-electron chi connectivity index (χ3n) is 4.48. The maximum absolute atomic E-state index is 12.7. The standard InChI is InChI=1S/C17H11NO2S/c19-16-17(11-3-1-2-4-13(11)18-16)9-20-14-7-10-5-6-21-15(10)8-12(14)17/h1-8H,9H2,(H,18,19). The fraction of sp³-hybridized carbons (Fsp3) is 0.118.